The third-order valence-electron chi connectivity index (χ3n) is 5.19. The molecule has 0 spiro atoms. The van der Waals surface area contributed by atoms with Crippen LogP contribution in [0.15, 0.2) is 59.5 Å². The summed E-state index contributed by atoms with van der Waals surface area (Å²) in [5.74, 6) is -0.135. The van der Waals surface area contributed by atoms with E-state index in [1.54, 1.807) is 25.4 Å². The number of carbonyl (C=O) groups is 1. The van der Waals surface area contributed by atoms with Gasteiger partial charge in [-0.05, 0) is 30.2 Å². The van der Waals surface area contributed by atoms with E-state index in [0.717, 1.165) is 21.9 Å². The third-order valence-corrected chi connectivity index (χ3v) is 5.44. The number of para-hydroxylation sites is 1. The molecule has 1 amide bonds. The first-order valence-electron chi connectivity index (χ1n) is 9.48. The number of aromatic nitrogens is 3. The highest BCUT2D eigenvalue weighted by molar-refractivity contribution is 6.30. The molecule has 0 aliphatic heterocycles. The molecule has 148 valence electrons. The molecule has 29 heavy (non-hydrogen) atoms. The van der Waals surface area contributed by atoms with Gasteiger partial charge in [0, 0.05) is 29.4 Å². The number of hydrogen-bond acceptors (Lipinski definition) is 3. The summed E-state index contributed by atoms with van der Waals surface area (Å²) in [5, 5.41) is 9.48. The van der Waals surface area contributed by atoms with E-state index >= 15 is 0 Å². The van der Waals surface area contributed by atoms with Gasteiger partial charge in [-0.1, -0.05) is 48.9 Å². The zero-order valence-electron chi connectivity index (χ0n) is 16.2. The molecule has 0 fully saturated rings. The van der Waals surface area contributed by atoms with Gasteiger partial charge in [0.2, 0.25) is 5.91 Å². The second kappa shape index (κ2) is 7.72. The van der Waals surface area contributed by atoms with Crippen molar-refractivity contribution < 1.29 is 4.79 Å². The van der Waals surface area contributed by atoms with Crippen molar-refractivity contribution in [2.45, 2.75) is 25.9 Å². The summed E-state index contributed by atoms with van der Waals surface area (Å²) >= 11 is 5.93. The topological polar surface area (TPSA) is 68.9 Å². The molecule has 2 aromatic heterocycles. The SMILES string of the molecule is CC[C@H](C(=O)NCc1ccc(Cl)cc1)n1c2ccccc2c2cnn(C)c(=O)c21. The number of carbonyl (C=O) groups excluding carboxylic acids is 1. The summed E-state index contributed by atoms with van der Waals surface area (Å²) in [6, 6.07) is 14.6. The molecule has 0 aliphatic carbocycles. The molecule has 4 rings (SSSR count). The van der Waals surface area contributed by atoms with Gasteiger partial charge in [-0.15, -0.1) is 0 Å². The van der Waals surface area contributed by atoms with E-state index in [0.29, 0.717) is 23.5 Å². The number of halogens is 1. The predicted octanol–water partition coefficient (Wildman–Crippen LogP) is 3.81. The number of hydrogen-bond donors (Lipinski definition) is 1. The van der Waals surface area contributed by atoms with Crippen molar-refractivity contribution in [3.63, 3.8) is 0 Å². The lowest BCUT2D eigenvalue weighted by molar-refractivity contribution is -0.124. The van der Waals surface area contributed by atoms with Crippen molar-refractivity contribution in [1.29, 1.82) is 0 Å². The van der Waals surface area contributed by atoms with Crippen LogP contribution in [-0.2, 0) is 18.4 Å². The van der Waals surface area contributed by atoms with Gasteiger partial charge >= 0.3 is 0 Å². The van der Waals surface area contributed by atoms with Gasteiger partial charge in [-0.25, -0.2) is 4.68 Å². The Kier molecular flexibility index (Phi) is 5.11. The molecule has 2 heterocycles. The summed E-state index contributed by atoms with van der Waals surface area (Å²) in [6.45, 7) is 2.34. The highest BCUT2D eigenvalue weighted by Crippen LogP contribution is 2.30. The number of nitrogens with one attached hydrogen (secondary N) is 1. The van der Waals surface area contributed by atoms with Gasteiger partial charge in [0.1, 0.15) is 11.6 Å². The van der Waals surface area contributed by atoms with E-state index in [1.807, 2.05) is 47.9 Å². The maximum Gasteiger partial charge on any atom is 0.291 e. The van der Waals surface area contributed by atoms with Crippen LogP contribution in [0.2, 0.25) is 5.02 Å². The lowest BCUT2D eigenvalue weighted by atomic mass is 10.1. The largest absolute Gasteiger partial charge is 0.350 e. The van der Waals surface area contributed by atoms with Crippen molar-refractivity contribution in [3.05, 3.63) is 75.7 Å². The minimum absolute atomic E-state index is 0.135. The van der Waals surface area contributed by atoms with E-state index in [1.165, 1.54) is 4.68 Å². The first kappa shape index (κ1) is 19.2. The Morgan fingerprint density at radius 1 is 1.14 bits per heavy atom. The average Bonchev–Trinajstić information content (AvgIpc) is 3.06. The van der Waals surface area contributed by atoms with E-state index in [-0.39, 0.29) is 11.5 Å². The molecule has 0 aliphatic rings. The Hall–Kier alpha value is -3.12. The number of nitrogens with zero attached hydrogens (tertiary/aromatic N) is 3. The van der Waals surface area contributed by atoms with Crippen LogP contribution < -0.4 is 10.9 Å². The number of benzene rings is 2. The van der Waals surface area contributed by atoms with Crippen LogP contribution >= 0.6 is 11.6 Å². The standard InChI is InChI=1S/C22H21ClN4O2/c1-3-18(21(28)24-12-14-8-10-15(23)11-9-14)27-19-7-5-4-6-16(19)17-13-25-26(2)22(29)20(17)27/h4-11,13,18H,3,12H2,1-2H3,(H,24,28)/t18-/m1/s1. The normalized spacial score (nSPS) is 12.4. The Balaban J connectivity index is 1.78. The molecular formula is C22H21ClN4O2. The first-order chi connectivity index (χ1) is 14.0. The fourth-order valence-corrected chi connectivity index (χ4v) is 3.83. The number of fused-ring (bicyclic) bond motifs is 3. The molecule has 0 unspecified atom stereocenters. The highest BCUT2D eigenvalue weighted by atomic mass is 35.5. The maximum atomic E-state index is 13.1. The van der Waals surface area contributed by atoms with Gasteiger partial charge < -0.3 is 9.88 Å². The Bertz CT molecular complexity index is 1260. The van der Waals surface area contributed by atoms with Crippen LogP contribution in [0.1, 0.15) is 24.9 Å². The van der Waals surface area contributed by atoms with Gasteiger partial charge in [0.05, 0.1) is 11.7 Å². The fourth-order valence-electron chi connectivity index (χ4n) is 3.71. The van der Waals surface area contributed by atoms with Gasteiger partial charge in [0.15, 0.2) is 0 Å². The van der Waals surface area contributed by atoms with Crippen molar-refractivity contribution in [1.82, 2.24) is 19.7 Å². The van der Waals surface area contributed by atoms with Crippen LogP contribution in [0.4, 0.5) is 0 Å². The Morgan fingerprint density at radius 3 is 2.59 bits per heavy atom. The molecule has 7 heteroatoms. The molecule has 1 N–H and O–H groups in total. The Morgan fingerprint density at radius 2 is 1.86 bits per heavy atom. The smallest absolute Gasteiger partial charge is 0.291 e. The molecule has 0 radical (unpaired) electrons. The molecule has 6 nitrogen and oxygen atoms in total. The molecular weight excluding hydrogens is 388 g/mol. The molecule has 2 aromatic carbocycles. The average molecular weight is 409 g/mol. The van der Waals surface area contributed by atoms with Crippen LogP contribution in [0.5, 0.6) is 0 Å². The molecule has 1 atom stereocenters. The van der Waals surface area contributed by atoms with Crippen LogP contribution in [0, 0.1) is 0 Å². The quantitative estimate of drug-likeness (QED) is 0.546. The van der Waals surface area contributed by atoms with Crippen molar-refractivity contribution in [3.8, 4) is 0 Å². The van der Waals surface area contributed by atoms with E-state index < -0.39 is 6.04 Å². The number of aryl methyl sites for hydroxylation is 1. The molecule has 0 saturated carbocycles. The highest BCUT2D eigenvalue weighted by Gasteiger charge is 2.25. The number of rotatable bonds is 5. The van der Waals surface area contributed by atoms with E-state index in [4.69, 9.17) is 11.6 Å². The van der Waals surface area contributed by atoms with Crippen LogP contribution in [0.25, 0.3) is 21.8 Å². The summed E-state index contributed by atoms with van der Waals surface area (Å²) in [6.07, 6.45) is 2.24. The fraction of sp³-hybridized carbons (Fsp3) is 0.227. The van der Waals surface area contributed by atoms with Crippen LogP contribution in [0.3, 0.4) is 0 Å². The summed E-state index contributed by atoms with van der Waals surface area (Å²) < 4.78 is 3.15. The predicted molar refractivity (Wildman–Crippen MR) is 115 cm³/mol. The van der Waals surface area contributed by atoms with Gasteiger partial charge in [-0.3, -0.25) is 9.59 Å². The van der Waals surface area contributed by atoms with Crippen LogP contribution in [-0.4, -0.2) is 20.3 Å². The number of amides is 1. The summed E-state index contributed by atoms with van der Waals surface area (Å²) in [5.41, 5.74) is 2.08. The lowest BCUT2D eigenvalue weighted by Crippen LogP contribution is -2.33. The maximum absolute atomic E-state index is 13.1. The van der Waals surface area contributed by atoms with Gasteiger partial charge in [-0.2, -0.15) is 5.10 Å². The van der Waals surface area contributed by atoms with Gasteiger partial charge in [0.25, 0.3) is 5.56 Å². The molecule has 4 aromatic rings. The van der Waals surface area contributed by atoms with Crippen molar-refractivity contribution in [2.75, 3.05) is 0 Å². The third kappa shape index (κ3) is 3.40. The molecule has 0 saturated heterocycles. The Labute approximate surface area is 172 Å². The van der Waals surface area contributed by atoms with Crippen molar-refractivity contribution in [2.24, 2.45) is 7.05 Å². The minimum atomic E-state index is -0.514. The minimum Gasteiger partial charge on any atom is -0.350 e. The lowest BCUT2D eigenvalue weighted by Gasteiger charge is -2.19. The second-order valence-corrected chi connectivity index (χ2v) is 7.43. The molecule has 0 bridgehead atoms. The first-order valence-corrected chi connectivity index (χ1v) is 9.86. The zero-order chi connectivity index (χ0) is 20.5. The van der Waals surface area contributed by atoms with Crippen molar-refractivity contribution >= 4 is 39.3 Å². The second-order valence-electron chi connectivity index (χ2n) is 6.99. The summed E-state index contributed by atoms with van der Waals surface area (Å²) in [4.78, 5) is 26.0. The van der Waals surface area contributed by atoms with E-state index in [2.05, 4.69) is 10.4 Å². The summed E-state index contributed by atoms with van der Waals surface area (Å²) in [7, 11) is 1.62. The van der Waals surface area contributed by atoms with E-state index in [9.17, 15) is 9.59 Å². The monoisotopic (exact) mass is 408 g/mol. The zero-order valence-corrected chi connectivity index (χ0v) is 17.0.